The monoisotopic (exact) mass is 333 g/mol. The van der Waals surface area contributed by atoms with E-state index < -0.39 is 39.9 Å². The van der Waals surface area contributed by atoms with Crippen LogP contribution in [0.25, 0.3) is 0 Å². The van der Waals surface area contributed by atoms with E-state index in [-0.39, 0.29) is 15.1 Å². The molecule has 0 bridgehead atoms. The maximum atomic E-state index is 11.8. The minimum absolute atomic E-state index is 0.0565. The zero-order valence-electron chi connectivity index (χ0n) is 10.6. The van der Waals surface area contributed by atoms with Crippen LogP contribution in [0.4, 0.5) is 5.13 Å². The van der Waals surface area contributed by atoms with E-state index in [1.165, 1.54) is 12.3 Å². The summed E-state index contributed by atoms with van der Waals surface area (Å²) in [5.74, 6) is -1.86. The molecule has 1 aromatic heterocycles. The Morgan fingerprint density at radius 1 is 1.62 bits per heavy atom. The minimum atomic E-state index is -4.65. The standard InChI is InChI=1S/C9H11N5O5S2/c1-3-6(8(16)14(3)21(17,18)19)13-7(15)5(10)4-2-20-9(11)12-4/h2-3,6,10H,1H3,(H2,11,12)(H,13,15)(H,17,18,19)/t3-,6?/m0/s1. The van der Waals surface area contributed by atoms with Gasteiger partial charge in [-0.1, -0.05) is 0 Å². The lowest BCUT2D eigenvalue weighted by Gasteiger charge is -2.42. The van der Waals surface area contributed by atoms with Crippen molar-refractivity contribution in [2.75, 3.05) is 5.73 Å². The molecule has 12 heteroatoms. The highest BCUT2D eigenvalue weighted by Crippen LogP contribution is 2.23. The summed E-state index contributed by atoms with van der Waals surface area (Å²) in [6.07, 6.45) is 0. The van der Waals surface area contributed by atoms with E-state index in [2.05, 4.69) is 10.3 Å². The van der Waals surface area contributed by atoms with Gasteiger partial charge in [0.25, 0.3) is 11.8 Å². The van der Waals surface area contributed by atoms with E-state index >= 15 is 0 Å². The molecule has 2 amide bonds. The Balaban J connectivity index is 2.05. The van der Waals surface area contributed by atoms with Crippen LogP contribution in [-0.2, 0) is 19.9 Å². The number of carbonyl (C=O) groups is 2. The molecule has 2 rings (SSSR count). The van der Waals surface area contributed by atoms with Crippen LogP contribution in [0.15, 0.2) is 5.38 Å². The minimum Gasteiger partial charge on any atom is -0.375 e. The molecule has 0 aromatic carbocycles. The van der Waals surface area contributed by atoms with Gasteiger partial charge in [-0.2, -0.15) is 8.42 Å². The van der Waals surface area contributed by atoms with E-state index in [4.69, 9.17) is 15.7 Å². The fourth-order valence-electron chi connectivity index (χ4n) is 1.84. The Kier molecular flexibility index (Phi) is 3.69. The van der Waals surface area contributed by atoms with E-state index in [0.717, 1.165) is 11.3 Å². The van der Waals surface area contributed by atoms with Gasteiger partial charge in [-0.05, 0) is 6.92 Å². The van der Waals surface area contributed by atoms with E-state index in [9.17, 15) is 18.0 Å². The highest BCUT2D eigenvalue weighted by Gasteiger charge is 2.51. The molecular weight excluding hydrogens is 322 g/mol. The van der Waals surface area contributed by atoms with Gasteiger partial charge in [0.15, 0.2) is 5.13 Å². The predicted molar refractivity (Wildman–Crippen MR) is 73.1 cm³/mol. The number of rotatable bonds is 4. The quantitative estimate of drug-likeness (QED) is 0.299. The first kappa shape index (κ1) is 15.3. The molecule has 10 nitrogen and oxygen atoms in total. The Bertz CT molecular complexity index is 727. The lowest BCUT2D eigenvalue weighted by molar-refractivity contribution is -0.143. The summed E-state index contributed by atoms with van der Waals surface area (Å²) in [7, 11) is -4.65. The third-order valence-corrected chi connectivity index (χ3v) is 4.56. The molecule has 0 saturated carbocycles. The Morgan fingerprint density at radius 3 is 2.67 bits per heavy atom. The summed E-state index contributed by atoms with van der Waals surface area (Å²) in [5, 5.41) is 11.4. The summed E-state index contributed by atoms with van der Waals surface area (Å²) in [6.45, 7) is 1.34. The smallest absolute Gasteiger partial charge is 0.362 e. The van der Waals surface area contributed by atoms with Gasteiger partial charge in [0.1, 0.15) is 17.4 Å². The van der Waals surface area contributed by atoms with E-state index in [1.54, 1.807) is 0 Å². The normalized spacial score (nSPS) is 21.8. The second-order valence-corrected chi connectivity index (χ2v) is 6.43. The molecule has 0 aliphatic carbocycles. The van der Waals surface area contributed by atoms with Gasteiger partial charge in [0, 0.05) is 5.38 Å². The number of hydrogen-bond acceptors (Lipinski definition) is 8. The molecule has 1 fully saturated rings. The summed E-state index contributed by atoms with van der Waals surface area (Å²) in [4.78, 5) is 27.1. The lowest BCUT2D eigenvalue weighted by Crippen LogP contribution is -2.71. The van der Waals surface area contributed by atoms with Gasteiger partial charge in [-0.25, -0.2) is 9.29 Å². The van der Waals surface area contributed by atoms with Crippen molar-refractivity contribution >= 4 is 44.3 Å². The van der Waals surface area contributed by atoms with E-state index in [0.29, 0.717) is 0 Å². The van der Waals surface area contributed by atoms with Crippen LogP contribution in [-0.4, -0.2) is 51.9 Å². The van der Waals surface area contributed by atoms with Crippen LogP contribution in [0.5, 0.6) is 0 Å². The zero-order chi connectivity index (χ0) is 15.9. The van der Waals surface area contributed by atoms with Crippen LogP contribution in [0, 0.1) is 5.41 Å². The third kappa shape index (κ3) is 2.72. The molecule has 1 unspecified atom stereocenters. The topological polar surface area (TPSA) is 167 Å². The molecule has 21 heavy (non-hydrogen) atoms. The van der Waals surface area contributed by atoms with Crippen molar-refractivity contribution in [3.05, 3.63) is 11.1 Å². The first-order chi connectivity index (χ1) is 9.62. The predicted octanol–water partition coefficient (Wildman–Crippen LogP) is -1.39. The van der Waals surface area contributed by atoms with Crippen molar-refractivity contribution < 1.29 is 22.6 Å². The molecule has 5 N–H and O–H groups in total. The SMILES string of the molecule is C[C@H]1C(NC(=O)C(=N)c2csc(N)n2)C(=O)N1S(=O)(=O)O. The maximum absolute atomic E-state index is 11.8. The number of nitrogens with two attached hydrogens (primary N) is 1. The number of β-lactam (4-membered cyclic amide) rings is 1. The van der Waals surface area contributed by atoms with Crippen LogP contribution in [0.2, 0.25) is 0 Å². The van der Waals surface area contributed by atoms with Crippen molar-refractivity contribution in [3.63, 3.8) is 0 Å². The molecule has 0 spiro atoms. The largest absolute Gasteiger partial charge is 0.375 e. The molecule has 0 radical (unpaired) electrons. The average Bonchev–Trinajstić information content (AvgIpc) is 2.80. The molecule has 1 aliphatic rings. The number of anilines is 1. The number of hydrogen-bond donors (Lipinski definition) is 4. The van der Waals surface area contributed by atoms with Gasteiger partial charge in [-0.3, -0.25) is 19.6 Å². The summed E-state index contributed by atoms with van der Waals surface area (Å²) < 4.78 is 30.9. The van der Waals surface area contributed by atoms with Gasteiger partial charge >= 0.3 is 10.3 Å². The third-order valence-electron chi connectivity index (χ3n) is 2.88. The zero-order valence-corrected chi connectivity index (χ0v) is 12.2. The fourth-order valence-corrected chi connectivity index (χ4v) is 3.27. The maximum Gasteiger partial charge on any atom is 0.362 e. The van der Waals surface area contributed by atoms with E-state index in [1.807, 2.05) is 0 Å². The lowest BCUT2D eigenvalue weighted by atomic mass is 10.0. The Hall–Kier alpha value is -2.05. The highest BCUT2D eigenvalue weighted by molar-refractivity contribution is 7.84. The van der Waals surface area contributed by atoms with Crippen molar-refractivity contribution in [3.8, 4) is 0 Å². The molecule has 2 heterocycles. The molecule has 114 valence electrons. The molecule has 2 atom stereocenters. The second-order valence-electron chi connectivity index (χ2n) is 4.25. The number of nitrogens with zero attached hydrogens (tertiary/aromatic N) is 2. The molecule has 1 aliphatic heterocycles. The average molecular weight is 333 g/mol. The van der Waals surface area contributed by atoms with Crippen LogP contribution >= 0.6 is 11.3 Å². The Morgan fingerprint density at radius 2 is 2.24 bits per heavy atom. The van der Waals surface area contributed by atoms with Crippen LogP contribution in [0.3, 0.4) is 0 Å². The number of carbonyl (C=O) groups excluding carboxylic acids is 2. The number of aromatic nitrogens is 1. The van der Waals surface area contributed by atoms with Crippen LogP contribution < -0.4 is 11.1 Å². The number of amides is 2. The summed E-state index contributed by atoms with van der Waals surface area (Å²) in [5.41, 5.74) is 4.95. The van der Waals surface area contributed by atoms with Gasteiger partial charge < -0.3 is 11.1 Å². The first-order valence-corrected chi connectivity index (χ1v) is 7.82. The van der Waals surface area contributed by atoms with Crippen molar-refractivity contribution in [2.24, 2.45) is 0 Å². The van der Waals surface area contributed by atoms with Gasteiger partial charge in [-0.15, -0.1) is 11.3 Å². The van der Waals surface area contributed by atoms with Crippen molar-refractivity contribution in [2.45, 2.75) is 19.0 Å². The summed E-state index contributed by atoms with van der Waals surface area (Å²) >= 11 is 1.05. The first-order valence-electron chi connectivity index (χ1n) is 5.54. The molecule has 1 aromatic rings. The number of nitrogen functional groups attached to an aromatic ring is 1. The number of nitrogens with one attached hydrogen (secondary N) is 2. The number of thiazole rings is 1. The highest BCUT2D eigenvalue weighted by atomic mass is 32.2. The van der Waals surface area contributed by atoms with Gasteiger partial charge in [0.2, 0.25) is 0 Å². The fraction of sp³-hybridized carbons (Fsp3) is 0.333. The second kappa shape index (κ2) is 5.05. The molecule has 1 saturated heterocycles. The van der Waals surface area contributed by atoms with Crippen molar-refractivity contribution in [1.29, 1.82) is 5.41 Å². The van der Waals surface area contributed by atoms with Crippen molar-refractivity contribution in [1.82, 2.24) is 14.6 Å². The van der Waals surface area contributed by atoms with Crippen LogP contribution in [0.1, 0.15) is 12.6 Å². The molecular formula is C9H11N5O5S2. The van der Waals surface area contributed by atoms with Gasteiger partial charge in [0.05, 0.1) is 6.04 Å². The summed E-state index contributed by atoms with van der Waals surface area (Å²) in [6, 6.07) is -2.07. The Labute approximate surface area is 123 Å².